The lowest BCUT2D eigenvalue weighted by Gasteiger charge is -2.18. The number of halogens is 2. The fourth-order valence-electron chi connectivity index (χ4n) is 2.19. The van der Waals surface area contributed by atoms with Crippen LogP contribution in [0.15, 0.2) is 34.9 Å². The van der Waals surface area contributed by atoms with Gasteiger partial charge < -0.3 is 5.32 Å². The molecular formula is C14H17BrFN3. The van der Waals surface area contributed by atoms with E-state index in [1.54, 1.807) is 12.3 Å². The van der Waals surface area contributed by atoms with Gasteiger partial charge in [-0.1, -0.05) is 18.2 Å². The molecule has 102 valence electrons. The first kappa shape index (κ1) is 14.2. The van der Waals surface area contributed by atoms with Gasteiger partial charge in [-0.15, -0.1) is 0 Å². The van der Waals surface area contributed by atoms with E-state index in [0.29, 0.717) is 12.0 Å². The van der Waals surface area contributed by atoms with Crippen molar-refractivity contribution < 1.29 is 4.39 Å². The number of rotatable bonds is 5. The molecule has 1 aromatic carbocycles. The molecule has 0 aliphatic carbocycles. The molecular weight excluding hydrogens is 309 g/mol. The number of nitrogens with one attached hydrogen (secondary N) is 1. The minimum absolute atomic E-state index is 0.0220. The average molecular weight is 326 g/mol. The van der Waals surface area contributed by atoms with Crippen molar-refractivity contribution in [3.63, 3.8) is 0 Å². The molecule has 3 nitrogen and oxygen atoms in total. The maximum atomic E-state index is 13.7. The summed E-state index contributed by atoms with van der Waals surface area (Å²) in [6.07, 6.45) is 2.37. The summed E-state index contributed by atoms with van der Waals surface area (Å²) in [7, 11) is 1.88. The number of nitrogens with zero attached hydrogens (tertiary/aromatic N) is 2. The lowest BCUT2D eigenvalue weighted by molar-refractivity contribution is 0.500. The lowest BCUT2D eigenvalue weighted by Crippen LogP contribution is -2.23. The van der Waals surface area contributed by atoms with Crippen molar-refractivity contribution in [1.82, 2.24) is 15.1 Å². The fourth-order valence-corrected chi connectivity index (χ4v) is 2.76. The first-order chi connectivity index (χ1) is 9.17. The highest BCUT2D eigenvalue weighted by atomic mass is 79.9. The Morgan fingerprint density at radius 3 is 2.79 bits per heavy atom. The van der Waals surface area contributed by atoms with Crippen molar-refractivity contribution in [2.45, 2.75) is 25.9 Å². The van der Waals surface area contributed by atoms with Crippen molar-refractivity contribution in [3.8, 4) is 0 Å². The second kappa shape index (κ2) is 6.30. The number of hydrogen-bond donors (Lipinski definition) is 1. The summed E-state index contributed by atoms with van der Waals surface area (Å²) in [6, 6.07) is 6.90. The van der Waals surface area contributed by atoms with E-state index in [0.717, 1.165) is 16.7 Å². The zero-order chi connectivity index (χ0) is 13.8. The van der Waals surface area contributed by atoms with Gasteiger partial charge in [0.15, 0.2) is 0 Å². The van der Waals surface area contributed by atoms with Crippen molar-refractivity contribution in [2.24, 2.45) is 0 Å². The molecule has 0 fully saturated rings. The van der Waals surface area contributed by atoms with Gasteiger partial charge in [0.1, 0.15) is 5.82 Å². The van der Waals surface area contributed by atoms with E-state index in [-0.39, 0.29) is 11.9 Å². The lowest BCUT2D eigenvalue weighted by atomic mass is 10.0. The van der Waals surface area contributed by atoms with Gasteiger partial charge in [-0.05, 0) is 48.0 Å². The number of aryl methyl sites for hydroxylation is 1. The van der Waals surface area contributed by atoms with E-state index < -0.39 is 0 Å². The van der Waals surface area contributed by atoms with Crippen molar-refractivity contribution in [1.29, 1.82) is 0 Å². The predicted octanol–water partition coefficient (Wildman–Crippen LogP) is 3.31. The van der Waals surface area contributed by atoms with Gasteiger partial charge in [-0.25, -0.2) is 4.39 Å². The van der Waals surface area contributed by atoms with Crippen LogP contribution in [-0.4, -0.2) is 16.8 Å². The van der Waals surface area contributed by atoms with Crippen LogP contribution in [0.2, 0.25) is 0 Å². The molecule has 2 aromatic rings. The highest BCUT2D eigenvalue weighted by Gasteiger charge is 2.19. The minimum Gasteiger partial charge on any atom is -0.311 e. The first-order valence-corrected chi connectivity index (χ1v) is 7.08. The van der Waals surface area contributed by atoms with Crippen molar-refractivity contribution >= 4 is 15.9 Å². The standard InChI is InChI=1S/C14H17BrFN3/c1-3-19-14(11(15)9-18-19)13(17-2)8-10-6-4-5-7-12(10)16/h4-7,9,13,17H,3,8H2,1-2H3. The molecule has 0 radical (unpaired) electrons. The molecule has 1 aromatic heterocycles. The molecule has 0 aliphatic heterocycles. The number of likely N-dealkylation sites (N-methyl/N-ethyl adjacent to an activating group) is 1. The van der Waals surface area contributed by atoms with Crippen LogP contribution in [-0.2, 0) is 13.0 Å². The van der Waals surface area contributed by atoms with E-state index in [9.17, 15) is 4.39 Å². The normalized spacial score (nSPS) is 12.6. The van der Waals surface area contributed by atoms with Gasteiger partial charge >= 0.3 is 0 Å². The summed E-state index contributed by atoms with van der Waals surface area (Å²) in [5, 5.41) is 7.54. The van der Waals surface area contributed by atoms with Crippen LogP contribution in [0, 0.1) is 5.82 Å². The van der Waals surface area contributed by atoms with Gasteiger partial charge in [0, 0.05) is 6.54 Å². The summed E-state index contributed by atoms with van der Waals surface area (Å²) < 4.78 is 16.6. The molecule has 1 N–H and O–H groups in total. The second-order valence-corrected chi connectivity index (χ2v) is 5.18. The molecule has 0 saturated heterocycles. The summed E-state index contributed by atoms with van der Waals surface area (Å²) in [5.41, 5.74) is 1.76. The molecule has 2 rings (SSSR count). The van der Waals surface area contributed by atoms with Crippen LogP contribution in [0.4, 0.5) is 4.39 Å². The Morgan fingerprint density at radius 2 is 2.16 bits per heavy atom. The third-order valence-electron chi connectivity index (χ3n) is 3.19. The predicted molar refractivity (Wildman–Crippen MR) is 77.5 cm³/mol. The zero-order valence-corrected chi connectivity index (χ0v) is 12.6. The van der Waals surface area contributed by atoms with Crippen LogP contribution >= 0.6 is 15.9 Å². The van der Waals surface area contributed by atoms with Gasteiger partial charge in [-0.2, -0.15) is 5.10 Å². The Kier molecular flexibility index (Phi) is 4.71. The van der Waals surface area contributed by atoms with E-state index in [4.69, 9.17) is 0 Å². The average Bonchev–Trinajstić information content (AvgIpc) is 2.79. The maximum absolute atomic E-state index is 13.7. The highest BCUT2D eigenvalue weighted by molar-refractivity contribution is 9.10. The van der Waals surface area contributed by atoms with Crippen LogP contribution in [0.5, 0.6) is 0 Å². The van der Waals surface area contributed by atoms with Crippen molar-refractivity contribution in [2.75, 3.05) is 7.05 Å². The van der Waals surface area contributed by atoms with Crippen LogP contribution in [0.1, 0.15) is 24.2 Å². The second-order valence-electron chi connectivity index (χ2n) is 4.33. The fraction of sp³-hybridized carbons (Fsp3) is 0.357. The third kappa shape index (κ3) is 3.04. The Hall–Kier alpha value is -1.20. The van der Waals surface area contributed by atoms with Gasteiger partial charge in [0.05, 0.1) is 22.4 Å². The van der Waals surface area contributed by atoms with Gasteiger partial charge in [-0.3, -0.25) is 4.68 Å². The molecule has 0 spiro atoms. The molecule has 0 amide bonds. The molecule has 1 unspecified atom stereocenters. The molecule has 5 heteroatoms. The van der Waals surface area contributed by atoms with Crippen LogP contribution in [0.25, 0.3) is 0 Å². The van der Waals surface area contributed by atoms with Gasteiger partial charge in [0.2, 0.25) is 0 Å². The molecule has 0 saturated carbocycles. The quantitative estimate of drug-likeness (QED) is 0.914. The SMILES string of the molecule is CCn1ncc(Br)c1C(Cc1ccccc1F)NC. The van der Waals surface area contributed by atoms with E-state index in [1.165, 1.54) is 6.07 Å². The minimum atomic E-state index is -0.165. The molecule has 0 aliphatic rings. The van der Waals surface area contributed by atoms with Gasteiger partial charge in [0.25, 0.3) is 0 Å². The largest absolute Gasteiger partial charge is 0.311 e. The first-order valence-electron chi connectivity index (χ1n) is 6.29. The van der Waals surface area contributed by atoms with E-state index in [1.807, 2.05) is 30.8 Å². The van der Waals surface area contributed by atoms with Crippen LogP contribution < -0.4 is 5.32 Å². The summed E-state index contributed by atoms with van der Waals surface area (Å²) in [6.45, 7) is 2.83. The monoisotopic (exact) mass is 325 g/mol. The van der Waals surface area contributed by atoms with Crippen molar-refractivity contribution in [3.05, 3.63) is 52.0 Å². The molecule has 19 heavy (non-hydrogen) atoms. The molecule has 0 bridgehead atoms. The molecule has 1 heterocycles. The summed E-state index contributed by atoms with van der Waals surface area (Å²) >= 11 is 3.51. The Balaban J connectivity index is 2.30. The summed E-state index contributed by atoms with van der Waals surface area (Å²) in [4.78, 5) is 0. The smallest absolute Gasteiger partial charge is 0.126 e. The number of hydrogen-bond acceptors (Lipinski definition) is 2. The topological polar surface area (TPSA) is 29.9 Å². The maximum Gasteiger partial charge on any atom is 0.126 e. The van der Waals surface area contributed by atoms with E-state index in [2.05, 4.69) is 26.3 Å². The highest BCUT2D eigenvalue weighted by Crippen LogP contribution is 2.26. The zero-order valence-electron chi connectivity index (χ0n) is 11.0. The van der Waals surface area contributed by atoms with Crippen LogP contribution in [0.3, 0.4) is 0 Å². The summed E-state index contributed by atoms with van der Waals surface area (Å²) in [5.74, 6) is -0.165. The Labute approximate surface area is 121 Å². The Bertz CT molecular complexity index is 553. The Morgan fingerprint density at radius 1 is 1.42 bits per heavy atom. The van der Waals surface area contributed by atoms with E-state index >= 15 is 0 Å². The third-order valence-corrected chi connectivity index (χ3v) is 3.80. The number of aromatic nitrogens is 2. The molecule has 1 atom stereocenters. The number of benzene rings is 1.